The van der Waals surface area contributed by atoms with Crippen LogP contribution in [0.25, 0.3) is 0 Å². The molecule has 2 amide bonds. The Morgan fingerprint density at radius 2 is 1.92 bits per heavy atom. The Bertz CT molecular complexity index is 577. The molecule has 0 spiro atoms. The van der Waals surface area contributed by atoms with E-state index < -0.39 is 12.2 Å². The smallest absolute Gasteiger partial charge is 0.319 e. The number of amides is 2. The van der Waals surface area contributed by atoms with Crippen molar-refractivity contribution in [2.75, 3.05) is 31.6 Å². The van der Waals surface area contributed by atoms with E-state index in [-0.39, 0.29) is 31.3 Å². The van der Waals surface area contributed by atoms with Gasteiger partial charge in [0.1, 0.15) is 12.2 Å². The van der Waals surface area contributed by atoms with Crippen LogP contribution in [0.5, 0.6) is 0 Å². The molecule has 4 N–H and O–H groups in total. The lowest BCUT2D eigenvalue weighted by Crippen LogP contribution is -2.53. The van der Waals surface area contributed by atoms with Crippen LogP contribution in [0, 0.1) is 5.92 Å². The maximum atomic E-state index is 12.1. The molecule has 4 atom stereocenters. The van der Waals surface area contributed by atoms with Crippen LogP contribution >= 0.6 is 0 Å². The Morgan fingerprint density at radius 3 is 2.58 bits per heavy atom. The van der Waals surface area contributed by atoms with Crippen LogP contribution in [0.4, 0.5) is 10.5 Å². The first-order chi connectivity index (χ1) is 12.6. The van der Waals surface area contributed by atoms with Gasteiger partial charge in [0.15, 0.2) is 0 Å². The largest absolute Gasteiger partial charge is 0.394 e. The van der Waals surface area contributed by atoms with Gasteiger partial charge in [-0.3, -0.25) is 4.90 Å². The molecule has 26 heavy (non-hydrogen) atoms. The Kier molecular flexibility index (Phi) is 6.48. The number of ether oxygens (including phenoxy) is 1. The van der Waals surface area contributed by atoms with Crippen molar-refractivity contribution in [2.45, 2.75) is 44.1 Å². The third kappa shape index (κ3) is 4.54. The van der Waals surface area contributed by atoms with Crippen LogP contribution in [0.3, 0.4) is 0 Å². The van der Waals surface area contributed by atoms with Gasteiger partial charge in [-0.2, -0.15) is 0 Å². The fraction of sp³-hybridized carbons (Fsp3) is 0.632. The summed E-state index contributed by atoms with van der Waals surface area (Å²) in [6, 6.07) is 8.69. The van der Waals surface area contributed by atoms with Gasteiger partial charge in [-0.15, -0.1) is 0 Å². The zero-order valence-corrected chi connectivity index (χ0v) is 15.2. The maximum Gasteiger partial charge on any atom is 0.319 e. The third-order valence-electron chi connectivity index (χ3n) is 5.38. The minimum absolute atomic E-state index is 0.211. The summed E-state index contributed by atoms with van der Waals surface area (Å²) in [4.78, 5) is 14.4. The highest BCUT2D eigenvalue weighted by molar-refractivity contribution is 5.89. The Labute approximate surface area is 154 Å². The normalized spacial score (nSPS) is 30.3. The molecule has 1 aromatic rings. The number of nitrogens with zero attached hydrogens (tertiary/aromatic N) is 1. The maximum absolute atomic E-state index is 12.1. The summed E-state index contributed by atoms with van der Waals surface area (Å²) in [6.07, 6.45) is 0.460. The zero-order chi connectivity index (χ0) is 18.5. The fourth-order valence-corrected chi connectivity index (χ4v) is 3.81. The van der Waals surface area contributed by atoms with Crippen molar-refractivity contribution in [1.29, 1.82) is 0 Å². The van der Waals surface area contributed by atoms with Gasteiger partial charge in [0, 0.05) is 12.2 Å². The molecule has 144 valence electrons. The lowest BCUT2D eigenvalue weighted by Gasteiger charge is -2.38. The number of aliphatic hydroxyl groups is 2. The molecule has 7 nitrogen and oxygen atoms in total. The number of benzene rings is 1. The topological polar surface area (TPSA) is 94.1 Å². The molecular formula is C19H29N3O4. The van der Waals surface area contributed by atoms with Gasteiger partial charge in [0.2, 0.25) is 0 Å². The summed E-state index contributed by atoms with van der Waals surface area (Å²) >= 11 is 0. The van der Waals surface area contributed by atoms with Crippen LogP contribution < -0.4 is 10.6 Å². The molecule has 0 bridgehead atoms. The van der Waals surface area contributed by atoms with Crippen LogP contribution in [-0.4, -0.2) is 71.7 Å². The monoisotopic (exact) mass is 363 g/mol. The Hall–Kier alpha value is -1.67. The van der Waals surface area contributed by atoms with Crippen molar-refractivity contribution in [3.05, 3.63) is 30.3 Å². The van der Waals surface area contributed by atoms with E-state index in [0.717, 1.165) is 25.9 Å². The van der Waals surface area contributed by atoms with Crippen molar-refractivity contribution in [3.63, 3.8) is 0 Å². The molecule has 0 radical (unpaired) electrons. The van der Waals surface area contributed by atoms with E-state index in [0.29, 0.717) is 11.6 Å². The van der Waals surface area contributed by atoms with E-state index in [9.17, 15) is 15.0 Å². The van der Waals surface area contributed by atoms with E-state index in [1.54, 1.807) is 0 Å². The van der Waals surface area contributed by atoms with Gasteiger partial charge in [-0.25, -0.2) is 4.79 Å². The third-order valence-corrected chi connectivity index (χ3v) is 5.38. The number of urea groups is 1. The van der Waals surface area contributed by atoms with Gasteiger partial charge >= 0.3 is 6.03 Å². The van der Waals surface area contributed by atoms with E-state index in [1.165, 1.54) is 0 Å². The van der Waals surface area contributed by atoms with Crippen molar-refractivity contribution in [1.82, 2.24) is 10.2 Å². The molecule has 3 rings (SSSR count). The fourth-order valence-electron chi connectivity index (χ4n) is 3.81. The summed E-state index contributed by atoms with van der Waals surface area (Å²) in [5, 5.41) is 25.7. The van der Waals surface area contributed by atoms with Crippen molar-refractivity contribution >= 4 is 11.7 Å². The molecule has 1 aromatic carbocycles. The average molecular weight is 363 g/mol. The van der Waals surface area contributed by atoms with Crippen molar-refractivity contribution in [2.24, 2.45) is 5.92 Å². The van der Waals surface area contributed by atoms with Crippen LogP contribution in [0.1, 0.15) is 19.8 Å². The highest BCUT2D eigenvalue weighted by atomic mass is 16.5. The average Bonchev–Trinajstić information content (AvgIpc) is 2.97. The first-order valence-corrected chi connectivity index (χ1v) is 9.37. The van der Waals surface area contributed by atoms with Gasteiger partial charge in [0.05, 0.1) is 18.8 Å². The van der Waals surface area contributed by atoms with E-state index >= 15 is 0 Å². The first kappa shape index (κ1) is 19.1. The number of carbonyl (C=O) groups is 1. The Balaban J connectivity index is 1.58. The predicted molar refractivity (Wildman–Crippen MR) is 99.0 cm³/mol. The summed E-state index contributed by atoms with van der Waals surface area (Å²) in [7, 11) is 0. The summed E-state index contributed by atoms with van der Waals surface area (Å²) in [6.45, 7) is 4.09. The van der Waals surface area contributed by atoms with Gasteiger partial charge in [-0.05, 0) is 44.0 Å². The van der Waals surface area contributed by atoms with Crippen molar-refractivity contribution < 1.29 is 19.7 Å². The summed E-state index contributed by atoms with van der Waals surface area (Å²) < 4.78 is 5.83. The molecule has 2 saturated heterocycles. The molecule has 7 heteroatoms. The second-order valence-corrected chi connectivity index (χ2v) is 7.30. The minimum Gasteiger partial charge on any atom is -0.394 e. The van der Waals surface area contributed by atoms with E-state index in [4.69, 9.17) is 4.74 Å². The number of anilines is 1. The molecule has 0 unspecified atom stereocenters. The lowest BCUT2D eigenvalue weighted by molar-refractivity contribution is -0.0205. The molecule has 2 heterocycles. The minimum atomic E-state index is -0.752. The highest BCUT2D eigenvalue weighted by Crippen LogP contribution is 2.29. The standard InChI is InChI=1S/C19H29N3O4/c1-13-7-9-22(10-8-13)17-15(26-16(12-23)18(17)24)11-20-19(25)21-14-5-3-2-4-6-14/h2-6,13,15-18,23-24H,7-12H2,1H3,(H2,20,21,25)/t15-,16+,17+,18-/m1/s1. The molecular weight excluding hydrogens is 334 g/mol. The van der Waals surface area contributed by atoms with Gasteiger partial charge in [-0.1, -0.05) is 25.1 Å². The summed E-state index contributed by atoms with van der Waals surface area (Å²) in [5.74, 6) is 0.688. The second-order valence-electron chi connectivity index (χ2n) is 7.30. The number of nitrogens with one attached hydrogen (secondary N) is 2. The number of para-hydroxylation sites is 1. The molecule has 2 fully saturated rings. The van der Waals surface area contributed by atoms with Crippen molar-refractivity contribution in [3.8, 4) is 0 Å². The summed E-state index contributed by atoms with van der Waals surface area (Å²) in [5.41, 5.74) is 0.715. The molecule has 2 aliphatic heterocycles. The number of likely N-dealkylation sites (tertiary alicyclic amines) is 1. The Morgan fingerprint density at radius 1 is 1.23 bits per heavy atom. The molecule has 2 aliphatic rings. The van der Waals surface area contributed by atoms with E-state index in [2.05, 4.69) is 22.5 Å². The number of rotatable bonds is 5. The zero-order valence-electron chi connectivity index (χ0n) is 15.2. The number of hydrogen-bond donors (Lipinski definition) is 4. The molecule has 0 aromatic heterocycles. The van der Waals surface area contributed by atoms with Crippen LogP contribution in [0.2, 0.25) is 0 Å². The number of hydrogen-bond acceptors (Lipinski definition) is 5. The number of aliphatic hydroxyl groups excluding tert-OH is 2. The highest BCUT2D eigenvalue weighted by Gasteiger charge is 2.46. The van der Waals surface area contributed by atoms with Crippen LogP contribution in [-0.2, 0) is 4.74 Å². The van der Waals surface area contributed by atoms with Gasteiger partial charge < -0.3 is 25.6 Å². The second kappa shape index (κ2) is 8.81. The predicted octanol–water partition coefficient (Wildman–Crippen LogP) is 1.03. The number of piperidine rings is 1. The van der Waals surface area contributed by atoms with Crippen LogP contribution in [0.15, 0.2) is 30.3 Å². The van der Waals surface area contributed by atoms with Gasteiger partial charge in [0.25, 0.3) is 0 Å². The van der Waals surface area contributed by atoms with E-state index in [1.807, 2.05) is 30.3 Å². The lowest BCUT2D eigenvalue weighted by atomic mass is 9.94. The first-order valence-electron chi connectivity index (χ1n) is 9.37. The number of carbonyl (C=O) groups excluding carboxylic acids is 1. The quantitative estimate of drug-likeness (QED) is 0.627. The molecule has 0 aliphatic carbocycles. The molecule has 0 saturated carbocycles. The SMILES string of the molecule is CC1CCN([C@@H]2[C@H](O)[C@H](CO)O[C@@H]2CNC(=O)Nc2ccccc2)CC1.